The van der Waals surface area contributed by atoms with E-state index in [2.05, 4.69) is 10.6 Å². The van der Waals surface area contributed by atoms with Gasteiger partial charge in [0.2, 0.25) is 0 Å². The second kappa shape index (κ2) is 10.7. The molecule has 3 aromatic carbocycles. The number of carbonyl (C=O) groups excluding carboxylic acids is 3. The SMILES string of the molecule is Cc1cccc(NC(=O)COC(=O)[C@@H](Cc2ccccc2)NC(=O)c2ccccc2)c1. The molecule has 6 heteroatoms. The largest absolute Gasteiger partial charge is 0.454 e. The number of ether oxygens (including phenoxy) is 1. The molecule has 0 aliphatic heterocycles. The van der Waals surface area contributed by atoms with E-state index < -0.39 is 24.5 Å². The van der Waals surface area contributed by atoms with Crippen molar-refractivity contribution in [2.75, 3.05) is 11.9 Å². The normalized spacial score (nSPS) is 11.3. The molecule has 158 valence electrons. The van der Waals surface area contributed by atoms with Gasteiger partial charge in [-0.25, -0.2) is 4.79 Å². The number of hydrogen-bond donors (Lipinski definition) is 2. The Morgan fingerprint density at radius 3 is 2.23 bits per heavy atom. The van der Waals surface area contributed by atoms with Gasteiger partial charge in [-0.1, -0.05) is 60.7 Å². The minimum Gasteiger partial charge on any atom is -0.454 e. The highest BCUT2D eigenvalue weighted by Gasteiger charge is 2.24. The van der Waals surface area contributed by atoms with Crippen molar-refractivity contribution in [2.45, 2.75) is 19.4 Å². The van der Waals surface area contributed by atoms with Gasteiger partial charge in [-0.15, -0.1) is 0 Å². The topological polar surface area (TPSA) is 84.5 Å². The van der Waals surface area contributed by atoms with Crippen molar-refractivity contribution in [3.05, 3.63) is 102 Å². The number of carbonyl (C=O) groups is 3. The van der Waals surface area contributed by atoms with Crippen LogP contribution in [0.2, 0.25) is 0 Å². The number of esters is 1. The molecule has 0 heterocycles. The van der Waals surface area contributed by atoms with Crippen molar-refractivity contribution in [3.63, 3.8) is 0 Å². The van der Waals surface area contributed by atoms with Crippen molar-refractivity contribution < 1.29 is 19.1 Å². The Bertz CT molecular complexity index is 1040. The van der Waals surface area contributed by atoms with Gasteiger partial charge in [0.1, 0.15) is 6.04 Å². The number of hydrogen-bond acceptors (Lipinski definition) is 4. The van der Waals surface area contributed by atoms with E-state index in [-0.39, 0.29) is 12.3 Å². The smallest absolute Gasteiger partial charge is 0.329 e. The Kier molecular flexibility index (Phi) is 7.54. The van der Waals surface area contributed by atoms with Crippen LogP contribution in [-0.4, -0.2) is 30.4 Å². The van der Waals surface area contributed by atoms with E-state index >= 15 is 0 Å². The molecule has 2 amide bonds. The van der Waals surface area contributed by atoms with Gasteiger partial charge >= 0.3 is 5.97 Å². The second-order valence-electron chi connectivity index (χ2n) is 7.11. The zero-order valence-electron chi connectivity index (χ0n) is 17.2. The quantitative estimate of drug-likeness (QED) is 0.551. The third-order valence-corrected chi connectivity index (χ3v) is 4.56. The summed E-state index contributed by atoms with van der Waals surface area (Å²) >= 11 is 0. The average Bonchev–Trinajstić information content (AvgIpc) is 2.78. The van der Waals surface area contributed by atoms with Gasteiger partial charge in [0.25, 0.3) is 11.8 Å². The van der Waals surface area contributed by atoms with Crippen LogP contribution < -0.4 is 10.6 Å². The van der Waals surface area contributed by atoms with Gasteiger partial charge in [-0.3, -0.25) is 9.59 Å². The third-order valence-electron chi connectivity index (χ3n) is 4.56. The van der Waals surface area contributed by atoms with Gasteiger partial charge in [-0.2, -0.15) is 0 Å². The molecule has 0 fully saturated rings. The molecule has 2 N–H and O–H groups in total. The first-order chi connectivity index (χ1) is 15.0. The number of anilines is 1. The molecule has 0 spiro atoms. The van der Waals surface area contributed by atoms with Crippen LogP contribution in [0.4, 0.5) is 5.69 Å². The lowest BCUT2D eigenvalue weighted by Crippen LogP contribution is -2.44. The average molecular weight is 416 g/mol. The van der Waals surface area contributed by atoms with Gasteiger partial charge < -0.3 is 15.4 Å². The maximum absolute atomic E-state index is 12.7. The monoisotopic (exact) mass is 416 g/mol. The van der Waals surface area contributed by atoms with Crippen LogP contribution in [-0.2, 0) is 20.7 Å². The molecule has 0 saturated heterocycles. The van der Waals surface area contributed by atoms with Crippen molar-refractivity contribution in [3.8, 4) is 0 Å². The molecule has 0 aliphatic carbocycles. The highest BCUT2D eigenvalue weighted by molar-refractivity contribution is 5.97. The van der Waals surface area contributed by atoms with Crippen LogP contribution in [0.1, 0.15) is 21.5 Å². The van der Waals surface area contributed by atoms with Crippen molar-refractivity contribution in [1.29, 1.82) is 0 Å². The summed E-state index contributed by atoms with van der Waals surface area (Å²) in [6.07, 6.45) is 0.248. The molecule has 6 nitrogen and oxygen atoms in total. The second-order valence-corrected chi connectivity index (χ2v) is 7.11. The summed E-state index contributed by atoms with van der Waals surface area (Å²) in [5.41, 5.74) is 2.92. The summed E-state index contributed by atoms with van der Waals surface area (Å²) in [4.78, 5) is 37.4. The highest BCUT2D eigenvalue weighted by atomic mass is 16.5. The van der Waals surface area contributed by atoms with Crippen LogP contribution >= 0.6 is 0 Å². The van der Waals surface area contributed by atoms with Gasteiger partial charge in [0.15, 0.2) is 6.61 Å². The zero-order chi connectivity index (χ0) is 22.1. The molecule has 0 saturated carbocycles. The Morgan fingerprint density at radius 2 is 1.55 bits per heavy atom. The minimum atomic E-state index is -0.929. The van der Waals surface area contributed by atoms with Crippen molar-refractivity contribution in [1.82, 2.24) is 5.32 Å². The van der Waals surface area contributed by atoms with Crippen LogP contribution in [0.5, 0.6) is 0 Å². The Labute approximate surface area is 181 Å². The van der Waals surface area contributed by atoms with Crippen molar-refractivity contribution >= 4 is 23.5 Å². The first kappa shape index (κ1) is 21.8. The number of benzene rings is 3. The molecule has 1 atom stereocenters. The summed E-state index contributed by atoms with van der Waals surface area (Å²) in [6, 6.07) is 24.3. The first-order valence-electron chi connectivity index (χ1n) is 9.94. The fourth-order valence-corrected chi connectivity index (χ4v) is 3.03. The van der Waals surface area contributed by atoms with Crippen LogP contribution in [0, 0.1) is 6.92 Å². The zero-order valence-corrected chi connectivity index (χ0v) is 17.2. The fourth-order valence-electron chi connectivity index (χ4n) is 3.03. The Balaban J connectivity index is 1.63. The standard InChI is InChI=1S/C25H24N2O4/c1-18-9-8-14-21(15-18)26-23(28)17-31-25(30)22(16-19-10-4-2-5-11-19)27-24(29)20-12-6-3-7-13-20/h2-15,22H,16-17H2,1H3,(H,26,28)(H,27,29)/t22-/m1/s1. The number of aryl methyl sites for hydroxylation is 1. The van der Waals surface area contributed by atoms with E-state index in [0.717, 1.165) is 11.1 Å². The molecular formula is C25H24N2O4. The molecule has 3 rings (SSSR count). The van der Waals surface area contributed by atoms with Gasteiger partial charge in [-0.05, 0) is 42.3 Å². The number of rotatable bonds is 8. The maximum atomic E-state index is 12.7. The fraction of sp³-hybridized carbons (Fsp3) is 0.160. The third kappa shape index (κ3) is 6.82. The van der Waals surface area contributed by atoms with Crippen LogP contribution in [0.25, 0.3) is 0 Å². The highest BCUT2D eigenvalue weighted by Crippen LogP contribution is 2.10. The number of amides is 2. The minimum absolute atomic E-state index is 0.248. The Morgan fingerprint density at radius 1 is 0.871 bits per heavy atom. The first-order valence-corrected chi connectivity index (χ1v) is 9.94. The van der Waals surface area contributed by atoms with Crippen molar-refractivity contribution in [2.24, 2.45) is 0 Å². The van der Waals surface area contributed by atoms with Gasteiger partial charge in [0, 0.05) is 17.7 Å². The lowest BCUT2D eigenvalue weighted by Gasteiger charge is -2.18. The molecule has 3 aromatic rings. The maximum Gasteiger partial charge on any atom is 0.329 e. The van der Waals surface area contributed by atoms with E-state index in [1.165, 1.54) is 0 Å². The molecule has 0 radical (unpaired) electrons. The van der Waals surface area contributed by atoms with E-state index in [9.17, 15) is 14.4 Å². The lowest BCUT2D eigenvalue weighted by atomic mass is 10.1. The molecule has 31 heavy (non-hydrogen) atoms. The van der Waals surface area contributed by atoms with E-state index in [4.69, 9.17) is 4.74 Å². The van der Waals surface area contributed by atoms with Gasteiger partial charge in [0.05, 0.1) is 0 Å². The number of nitrogens with one attached hydrogen (secondary N) is 2. The van der Waals surface area contributed by atoms with Crippen LogP contribution in [0.15, 0.2) is 84.9 Å². The van der Waals surface area contributed by atoms with E-state index in [0.29, 0.717) is 11.3 Å². The Hall–Kier alpha value is -3.93. The predicted molar refractivity (Wildman–Crippen MR) is 119 cm³/mol. The molecule has 0 aromatic heterocycles. The summed E-state index contributed by atoms with van der Waals surface area (Å²) in [7, 11) is 0. The predicted octanol–water partition coefficient (Wildman–Crippen LogP) is 3.52. The lowest BCUT2D eigenvalue weighted by molar-refractivity contribution is -0.149. The molecular weight excluding hydrogens is 392 g/mol. The summed E-state index contributed by atoms with van der Waals surface area (Å²) < 4.78 is 5.21. The molecule has 0 aliphatic rings. The van der Waals surface area contributed by atoms with E-state index in [1.54, 1.807) is 36.4 Å². The van der Waals surface area contributed by atoms with Crippen LogP contribution in [0.3, 0.4) is 0 Å². The summed E-state index contributed by atoms with van der Waals surface area (Å²) in [5, 5.41) is 5.41. The molecule has 0 bridgehead atoms. The molecule has 0 unspecified atom stereocenters. The summed E-state index contributed by atoms with van der Waals surface area (Å²) in [5.74, 6) is -1.51. The summed E-state index contributed by atoms with van der Waals surface area (Å²) in [6.45, 7) is 1.47. The van der Waals surface area contributed by atoms with E-state index in [1.807, 2.05) is 55.5 Å².